The van der Waals surface area contributed by atoms with E-state index in [1.807, 2.05) is 36.4 Å². The summed E-state index contributed by atoms with van der Waals surface area (Å²) in [5.41, 5.74) is 4.00. The normalized spacial score (nSPS) is 18.1. The average Bonchev–Trinajstić information content (AvgIpc) is 2.89. The SMILES string of the molecule is O=C1C(CCC(O)c2ccc(F)cc2)C(c2cccc(-c3ccc(O)cc3)c2)N1c1ccc(F)cc1. The van der Waals surface area contributed by atoms with Crippen molar-refractivity contribution in [1.82, 2.24) is 0 Å². The zero-order valence-electron chi connectivity index (χ0n) is 19.4. The number of hydrogen-bond donors (Lipinski definition) is 2. The number of β-lactam (4-membered cyclic amide) rings is 1. The van der Waals surface area contributed by atoms with Gasteiger partial charge in [-0.1, -0.05) is 42.5 Å². The van der Waals surface area contributed by atoms with Crippen molar-refractivity contribution in [2.45, 2.75) is 25.0 Å². The maximum Gasteiger partial charge on any atom is 0.233 e. The molecule has 5 rings (SSSR count). The van der Waals surface area contributed by atoms with Gasteiger partial charge in [0.15, 0.2) is 0 Å². The summed E-state index contributed by atoms with van der Waals surface area (Å²) in [7, 11) is 0. The number of phenolic OH excluding ortho intramolecular Hbond substituents is 1. The summed E-state index contributed by atoms with van der Waals surface area (Å²) in [5, 5.41) is 20.3. The number of halogens is 2. The van der Waals surface area contributed by atoms with E-state index >= 15 is 0 Å². The van der Waals surface area contributed by atoms with Crippen LogP contribution in [0.15, 0.2) is 97.1 Å². The van der Waals surface area contributed by atoms with Gasteiger partial charge in [0.05, 0.1) is 18.1 Å². The van der Waals surface area contributed by atoms with Gasteiger partial charge in [0.25, 0.3) is 0 Å². The summed E-state index contributed by atoms with van der Waals surface area (Å²) in [6.07, 6.45) is -0.0429. The van der Waals surface area contributed by atoms with Crippen LogP contribution in [0.3, 0.4) is 0 Å². The Labute approximate surface area is 208 Å². The van der Waals surface area contributed by atoms with Crippen LogP contribution < -0.4 is 4.90 Å². The number of hydrogen-bond acceptors (Lipinski definition) is 3. The molecule has 0 saturated carbocycles. The van der Waals surface area contributed by atoms with E-state index in [-0.39, 0.29) is 35.3 Å². The van der Waals surface area contributed by atoms with Crippen LogP contribution in [-0.2, 0) is 4.79 Å². The Morgan fingerprint density at radius 3 is 2.11 bits per heavy atom. The fraction of sp³-hybridized carbons (Fsp3) is 0.167. The molecule has 0 spiro atoms. The third-order valence-electron chi connectivity index (χ3n) is 6.75. The number of amides is 1. The number of aliphatic hydroxyl groups is 1. The number of carbonyl (C=O) groups is 1. The molecule has 1 saturated heterocycles. The Morgan fingerprint density at radius 1 is 0.806 bits per heavy atom. The van der Waals surface area contributed by atoms with E-state index in [4.69, 9.17) is 0 Å². The van der Waals surface area contributed by atoms with E-state index in [0.717, 1.165) is 16.7 Å². The topological polar surface area (TPSA) is 60.8 Å². The molecule has 0 aliphatic carbocycles. The van der Waals surface area contributed by atoms with Crippen LogP contribution in [-0.4, -0.2) is 16.1 Å². The Morgan fingerprint density at radius 2 is 1.44 bits per heavy atom. The van der Waals surface area contributed by atoms with Gasteiger partial charge in [-0.15, -0.1) is 0 Å². The monoisotopic (exact) mass is 485 g/mol. The number of rotatable bonds is 7. The maximum atomic E-state index is 13.6. The first kappa shape index (κ1) is 23.7. The Bertz CT molecular complexity index is 1350. The minimum atomic E-state index is -0.817. The molecule has 4 aromatic carbocycles. The van der Waals surface area contributed by atoms with Gasteiger partial charge in [0.2, 0.25) is 5.91 Å². The van der Waals surface area contributed by atoms with Gasteiger partial charge in [0, 0.05) is 5.69 Å². The molecule has 0 radical (unpaired) electrons. The Kier molecular flexibility index (Phi) is 6.53. The van der Waals surface area contributed by atoms with Gasteiger partial charge in [-0.3, -0.25) is 4.79 Å². The molecule has 4 nitrogen and oxygen atoms in total. The highest BCUT2D eigenvalue weighted by atomic mass is 19.1. The van der Waals surface area contributed by atoms with Crippen molar-refractivity contribution in [2.75, 3.05) is 4.90 Å². The highest BCUT2D eigenvalue weighted by Crippen LogP contribution is 2.47. The highest BCUT2D eigenvalue weighted by molar-refractivity contribution is 6.03. The van der Waals surface area contributed by atoms with Gasteiger partial charge in [0.1, 0.15) is 17.4 Å². The Hall–Kier alpha value is -4.03. The first-order valence-corrected chi connectivity index (χ1v) is 11.8. The fourth-order valence-electron chi connectivity index (χ4n) is 4.85. The minimum absolute atomic E-state index is 0.0899. The molecular weight excluding hydrogens is 460 g/mol. The van der Waals surface area contributed by atoms with Crippen LogP contribution in [0.1, 0.15) is 36.1 Å². The molecule has 182 valence electrons. The lowest BCUT2D eigenvalue weighted by molar-refractivity contribution is -0.131. The zero-order chi connectivity index (χ0) is 25.2. The lowest BCUT2D eigenvalue weighted by Crippen LogP contribution is -2.55. The average molecular weight is 486 g/mol. The molecule has 1 heterocycles. The van der Waals surface area contributed by atoms with Gasteiger partial charge >= 0.3 is 0 Å². The van der Waals surface area contributed by atoms with E-state index in [9.17, 15) is 23.8 Å². The molecular formula is C30H25F2NO3. The molecule has 3 atom stereocenters. The zero-order valence-corrected chi connectivity index (χ0v) is 19.4. The van der Waals surface area contributed by atoms with Gasteiger partial charge in [-0.05, 0) is 89.7 Å². The first-order chi connectivity index (χ1) is 17.4. The van der Waals surface area contributed by atoms with E-state index in [2.05, 4.69) is 0 Å². The number of aromatic hydroxyl groups is 1. The van der Waals surface area contributed by atoms with Crippen LogP contribution in [0.4, 0.5) is 14.5 Å². The van der Waals surface area contributed by atoms with Gasteiger partial charge < -0.3 is 15.1 Å². The van der Waals surface area contributed by atoms with Crippen LogP contribution in [0, 0.1) is 17.6 Å². The van der Waals surface area contributed by atoms with Crippen LogP contribution in [0.25, 0.3) is 11.1 Å². The van der Waals surface area contributed by atoms with Crippen LogP contribution in [0.5, 0.6) is 5.75 Å². The molecule has 0 aromatic heterocycles. The summed E-state index contributed by atoms with van der Waals surface area (Å²) in [5.74, 6) is -1.03. The van der Waals surface area contributed by atoms with Gasteiger partial charge in [-0.25, -0.2) is 8.78 Å². The molecule has 2 N–H and O–H groups in total. The summed E-state index contributed by atoms with van der Waals surface area (Å²) >= 11 is 0. The number of phenols is 1. The number of carbonyl (C=O) groups excluding carboxylic acids is 1. The standard InChI is InChI=1S/C30H25F2NO3/c31-23-8-4-20(5-9-23)28(35)17-16-27-29(33(30(27)36)25-12-10-24(32)11-13-25)22-3-1-2-21(18-22)19-6-14-26(34)15-7-19/h1-15,18,27-29,34-35H,16-17H2. The predicted molar refractivity (Wildman–Crippen MR) is 134 cm³/mol. The molecule has 1 aliphatic heterocycles. The van der Waals surface area contributed by atoms with Crippen molar-refractivity contribution < 1.29 is 23.8 Å². The summed E-state index contributed by atoms with van der Waals surface area (Å²) in [4.78, 5) is 15.0. The van der Waals surface area contributed by atoms with E-state index in [1.165, 1.54) is 24.3 Å². The predicted octanol–water partition coefficient (Wildman–Crippen LogP) is 6.56. The van der Waals surface area contributed by atoms with E-state index in [1.54, 1.807) is 41.3 Å². The molecule has 1 aliphatic rings. The van der Waals surface area contributed by atoms with Gasteiger partial charge in [-0.2, -0.15) is 0 Å². The molecule has 1 amide bonds. The smallest absolute Gasteiger partial charge is 0.233 e. The number of aliphatic hydroxyl groups excluding tert-OH is 1. The molecule has 0 bridgehead atoms. The highest BCUT2D eigenvalue weighted by Gasteiger charge is 2.48. The summed E-state index contributed by atoms with van der Waals surface area (Å²) < 4.78 is 26.8. The van der Waals surface area contributed by atoms with Crippen molar-refractivity contribution in [3.05, 3.63) is 120 Å². The summed E-state index contributed by atoms with van der Waals surface area (Å²) in [6.45, 7) is 0. The second-order valence-electron chi connectivity index (χ2n) is 9.05. The largest absolute Gasteiger partial charge is 0.508 e. The maximum absolute atomic E-state index is 13.6. The lowest BCUT2D eigenvalue weighted by Gasteiger charge is -2.48. The van der Waals surface area contributed by atoms with Crippen molar-refractivity contribution >= 4 is 11.6 Å². The molecule has 4 aromatic rings. The third-order valence-corrected chi connectivity index (χ3v) is 6.75. The van der Waals surface area contributed by atoms with Crippen molar-refractivity contribution in [2.24, 2.45) is 5.92 Å². The third kappa shape index (κ3) is 4.72. The number of nitrogens with zero attached hydrogens (tertiary/aromatic N) is 1. The van der Waals surface area contributed by atoms with Crippen LogP contribution in [0.2, 0.25) is 0 Å². The second kappa shape index (κ2) is 9.91. The number of benzene rings is 4. The second-order valence-corrected chi connectivity index (χ2v) is 9.05. The van der Waals surface area contributed by atoms with E-state index < -0.39 is 6.10 Å². The van der Waals surface area contributed by atoms with Crippen molar-refractivity contribution in [3.8, 4) is 16.9 Å². The minimum Gasteiger partial charge on any atom is -0.508 e. The summed E-state index contributed by atoms with van der Waals surface area (Å²) in [6, 6.07) is 26.0. The fourth-order valence-corrected chi connectivity index (χ4v) is 4.85. The van der Waals surface area contributed by atoms with E-state index in [0.29, 0.717) is 24.1 Å². The Balaban J connectivity index is 1.43. The first-order valence-electron chi connectivity index (χ1n) is 11.8. The quantitative estimate of drug-likeness (QED) is 0.292. The molecule has 6 heteroatoms. The molecule has 36 heavy (non-hydrogen) atoms. The van der Waals surface area contributed by atoms with Crippen molar-refractivity contribution in [1.29, 1.82) is 0 Å². The van der Waals surface area contributed by atoms with Crippen LogP contribution >= 0.6 is 0 Å². The molecule has 1 fully saturated rings. The number of anilines is 1. The lowest BCUT2D eigenvalue weighted by atomic mass is 9.77. The molecule has 3 unspecified atom stereocenters. The van der Waals surface area contributed by atoms with Crippen molar-refractivity contribution in [3.63, 3.8) is 0 Å².